The lowest BCUT2D eigenvalue weighted by atomic mass is 9.89. The molecule has 1 heterocycles. The van der Waals surface area contributed by atoms with Gasteiger partial charge in [-0.15, -0.1) is 11.3 Å². The van der Waals surface area contributed by atoms with E-state index in [-0.39, 0.29) is 0 Å². The largest absolute Gasteiger partial charge is 0.330 e. The summed E-state index contributed by atoms with van der Waals surface area (Å²) in [6.07, 6.45) is 10.7. The van der Waals surface area contributed by atoms with Gasteiger partial charge in [-0.2, -0.15) is 0 Å². The molecule has 3 rings (SSSR count). The lowest BCUT2D eigenvalue weighted by molar-refractivity contribution is 0.440. The van der Waals surface area contributed by atoms with Crippen molar-refractivity contribution in [3.8, 4) is 0 Å². The maximum absolute atomic E-state index is 5.87. The van der Waals surface area contributed by atoms with Gasteiger partial charge < -0.3 is 5.73 Å². The summed E-state index contributed by atoms with van der Waals surface area (Å²) in [5.41, 5.74) is 7.24. The summed E-state index contributed by atoms with van der Waals surface area (Å²) in [4.78, 5) is 6.51. The van der Waals surface area contributed by atoms with Crippen LogP contribution in [0.15, 0.2) is 0 Å². The Kier molecular flexibility index (Phi) is 3.48. The number of hydrogen-bond donors (Lipinski definition) is 1. The van der Waals surface area contributed by atoms with E-state index >= 15 is 0 Å². The first kappa shape index (κ1) is 11.7. The van der Waals surface area contributed by atoms with Crippen LogP contribution in [0.25, 0.3) is 0 Å². The summed E-state index contributed by atoms with van der Waals surface area (Å²) in [6.45, 7) is 0.779. The van der Waals surface area contributed by atoms with Gasteiger partial charge in [0.1, 0.15) is 0 Å². The molecule has 1 atom stereocenters. The Labute approximate surface area is 108 Å². The number of rotatable bonds is 2. The first-order valence-corrected chi connectivity index (χ1v) is 7.89. The molecule has 1 aromatic heterocycles. The third-order valence-electron chi connectivity index (χ3n) is 4.33. The average Bonchev–Trinajstić information content (AvgIpc) is 2.83. The number of thiazole rings is 1. The van der Waals surface area contributed by atoms with Crippen LogP contribution in [-0.4, -0.2) is 11.5 Å². The van der Waals surface area contributed by atoms with E-state index in [1.165, 1.54) is 62.1 Å². The van der Waals surface area contributed by atoms with Crippen LogP contribution in [0.4, 0.5) is 0 Å². The first-order chi connectivity index (χ1) is 8.38. The molecule has 0 aliphatic heterocycles. The number of nitrogens with zero attached hydrogens (tertiary/aromatic N) is 1. The molecule has 1 fully saturated rings. The van der Waals surface area contributed by atoms with E-state index in [2.05, 4.69) is 0 Å². The van der Waals surface area contributed by atoms with E-state index in [4.69, 9.17) is 10.7 Å². The minimum absolute atomic E-state index is 0.548. The standard InChI is InChI=1S/C14H22N2S/c15-9-11-7-4-8-12-13(11)16-14(17-12)10-5-2-1-3-6-10/h10-11H,1-9,15H2. The summed E-state index contributed by atoms with van der Waals surface area (Å²) in [6, 6.07) is 0. The van der Waals surface area contributed by atoms with Crippen molar-refractivity contribution in [2.75, 3.05) is 6.54 Å². The molecular formula is C14H22N2S. The minimum atomic E-state index is 0.548. The van der Waals surface area contributed by atoms with Crippen LogP contribution in [0.1, 0.15) is 72.4 Å². The number of fused-ring (bicyclic) bond motifs is 1. The van der Waals surface area contributed by atoms with E-state index in [1.807, 2.05) is 11.3 Å². The Morgan fingerprint density at radius 1 is 1.12 bits per heavy atom. The highest BCUT2D eigenvalue weighted by Crippen LogP contribution is 2.40. The van der Waals surface area contributed by atoms with Crippen molar-refractivity contribution in [3.63, 3.8) is 0 Å². The molecule has 2 nitrogen and oxygen atoms in total. The second-order valence-electron chi connectivity index (χ2n) is 5.52. The second-order valence-corrected chi connectivity index (χ2v) is 6.64. The van der Waals surface area contributed by atoms with Crippen molar-refractivity contribution in [2.24, 2.45) is 5.73 Å². The molecule has 17 heavy (non-hydrogen) atoms. The van der Waals surface area contributed by atoms with Crippen LogP contribution in [0.5, 0.6) is 0 Å². The molecule has 0 amide bonds. The van der Waals surface area contributed by atoms with Crippen molar-refractivity contribution in [2.45, 2.75) is 63.2 Å². The quantitative estimate of drug-likeness (QED) is 0.871. The molecule has 0 aromatic carbocycles. The van der Waals surface area contributed by atoms with Gasteiger partial charge >= 0.3 is 0 Å². The third kappa shape index (κ3) is 2.27. The van der Waals surface area contributed by atoms with Gasteiger partial charge in [0, 0.05) is 23.3 Å². The van der Waals surface area contributed by atoms with Gasteiger partial charge in [-0.3, -0.25) is 0 Å². The van der Waals surface area contributed by atoms with Crippen LogP contribution in [0.3, 0.4) is 0 Å². The van der Waals surface area contributed by atoms with E-state index < -0.39 is 0 Å². The number of aromatic nitrogens is 1. The van der Waals surface area contributed by atoms with Gasteiger partial charge in [-0.1, -0.05) is 19.3 Å². The predicted molar refractivity (Wildman–Crippen MR) is 72.7 cm³/mol. The molecule has 1 aromatic rings. The molecule has 0 radical (unpaired) electrons. The van der Waals surface area contributed by atoms with E-state index in [9.17, 15) is 0 Å². The molecular weight excluding hydrogens is 228 g/mol. The number of aryl methyl sites for hydroxylation is 1. The summed E-state index contributed by atoms with van der Waals surface area (Å²) >= 11 is 1.99. The zero-order valence-corrected chi connectivity index (χ0v) is 11.3. The first-order valence-electron chi connectivity index (χ1n) is 7.08. The Balaban J connectivity index is 1.84. The fourth-order valence-corrected chi connectivity index (χ4v) is 4.64. The Morgan fingerprint density at radius 3 is 2.71 bits per heavy atom. The highest BCUT2D eigenvalue weighted by molar-refractivity contribution is 7.11. The fraction of sp³-hybridized carbons (Fsp3) is 0.786. The third-order valence-corrected chi connectivity index (χ3v) is 5.62. The number of hydrogen-bond acceptors (Lipinski definition) is 3. The molecule has 0 saturated heterocycles. The molecule has 1 saturated carbocycles. The normalized spacial score (nSPS) is 25.8. The van der Waals surface area contributed by atoms with Crippen LogP contribution in [0, 0.1) is 0 Å². The van der Waals surface area contributed by atoms with Crippen molar-refractivity contribution in [3.05, 3.63) is 15.6 Å². The summed E-state index contributed by atoms with van der Waals surface area (Å²) < 4.78 is 0. The highest BCUT2D eigenvalue weighted by atomic mass is 32.1. The maximum atomic E-state index is 5.87. The molecule has 94 valence electrons. The SMILES string of the molecule is NCC1CCCc2sc(C3CCCCC3)nc21. The van der Waals surface area contributed by atoms with Gasteiger partial charge in [-0.05, 0) is 32.1 Å². The Bertz CT molecular complexity index is 380. The van der Waals surface area contributed by atoms with Gasteiger partial charge in [0.05, 0.1) is 10.7 Å². The zero-order valence-electron chi connectivity index (χ0n) is 10.5. The van der Waals surface area contributed by atoms with E-state index in [0.29, 0.717) is 5.92 Å². The van der Waals surface area contributed by atoms with E-state index in [1.54, 1.807) is 4.88 Å². The van der Waals surface area contributed by atoms with Gasteiger partial charge in [0.15, 0.2) is 0 Å². The number of nitrogens with two attached hydrogens (primary N) is 1. The average molecular weight is 250 g/mol. The topological polar surface area (TPSA) is 38.9 Å². The van der Waals surface area contributed by atoms with Crippen LogP contribution < -0.4 is 5.73 Å². The molecule has 0 spiro atoms. The van der Waals surface area contributed by atoms with E-state index in [0.717, 1.165) is 12.5 Å². The maximum Gasteiger partial charge on any atom is 0.0962 e. The minimum Gasteiger partial charge on any atom is -0.330 e. The van der Waals surface area contributed by atoms with Gasteiger partial charge in [0.2, 0.25) is 0 Å². The van der Waals surface area contributed by atoms with Crippen molar-refractivity contribution in [1.29, 1.82) is 0 Å². The monoisotopic (exact) mass is 250 g/mol. The molecule has 2 N–H and O–H groups in total. The zero-order chi connectivity index (χ0) is 11.7. The summed E-state index contributed by atoms with van der Waals surface area (Å²) in [7, 11) is 0. The van der Waals surface area contributed by atoms with Crippen molar-refractivity contribution in [1.82, 2.24) is 4.98 Å². The van der Waals surface area contributed by atoms with Crippen molar-refractivity contribution >= 4 is 11.3 Å². The summed E-state index contributed by atoms with van der Waals surface area (Å²) in [5.74, 6) is 1.31. The Morgan fingerprint density at radius 2 is 1.94 bits per heavy atom. The molecule has 0 bridgehead atoms. The predicted octanol–water partition coefficient (Wildman–Crippen LogP) is 3.57. The summed E-state index contributed by atoms with van der Waals surface area (Å²) in [5, 5.41) is 1.43. The lowest BCUT2D eigenvalue weighted by Crippen LogP contribution is -2.17. The van der Waals surface area contributed by atoms with Crippen LogP contribution in [-0.2, 0) is 6.42 Å². The molecule has 2 aliphatic rings. The molecule has 3 heteroatoms. The van der Waals surface area contributed by atoms with Crippen LogP contribution in [0.2, 0.25) is 0 Å². The Hall–Kier alpha value is -0.410. The smallest absolute Gasteiger partial charge is 0.0962 e. The molecule has 1 unspecified atom stereocenters. The highest BCUT2D eigenvalue weighted by Gasteiger charge is 2.26. The van der Waals surface area contributed by atoms with Gasteiger partial charge in [-0.25, -0.2) is 4.98 Å². The molecule has 2 aliphatic carbocycles. The lowest BCUT2D eigenvalue weighted by Gasteiger charge is -2.19. The second kappa shape index (κ2) is 5.07. The van der Waals surface area contributed by atoms with Crippen molar-refractivity contribution < 1.29 is 0 Å². The fourth-order valence-electron chi connectivity index (χ4n) is 3.28. The van der Waals surface area contributed by atoms with Gasteiger partial charge in [0.25, 0.3) is 0 Å². The van der Waals surface area contributed by atoms with Crippen LogP contribution >= 0.6 is 11.3 Å².